The molecular formula is C15H14F2N2O4S. The largest absolute Gasteiger partial charge is 0.467 e. The molecule has 0 saturated heterocycles. The third-order valence-corrected chi connectivity index (χ3v) is 3.64. The molecule has 0 fully saturated rings. The molecule has 0 saturated carbocycles. The number of pyridine rings is 1. The van der Waals surface area contributed by atoms with E-state index in [2.05, 4.69) is 4.98 Å². The molecule has 0 unspecified atom stereocenters. The lowest BCUT2D eigenvalue weighted by molar-refractivity contribution is -0.134. The standard InChI is InChI=1S/C15H14F2N2O4S/c1-19(8-10-4-3-7-22-10)12(20)9-23-14(21)11-5-2-6-18-13(11)24-15(16)17/h2-7,15H,8-9H2,1H3. The molecule has 0 N–H and O–H groups in total. The van der Waals surface area contributed by atoms with E-state index in [1.807, 2.05) is 0 Å². The summed E-state index contributed by atoms with van der Waals surface area (Å²) in [5, 5.41) is -0.145. The number of hydrogen-bond donors (Lipinski definition) is 0. The molecule has 6 nitrogen and oxygen atoms in total. The molecule has 0 bridgehead atoms. The quantitative estimate of drug-likeness (QED) is 0.561. The molecule has 2 rings (SSSR count). The van der Waals surface area contributed by atoms with Crippen molar-refractivity contribution in [3.8, 4) is 0 Å². The number of nitrogens with zero attached hydrogens (tertiary/aromatic N) is 2. The normalized spacial score (nSPS) is 10.7. The highest BCUT2D eigenvalue weighted by Gasteiger charge is 2.19. The monoisotopic (exact) mass is 356 g/mol. The number of likely N-dealkylation sites (N-methyl/N-ethyl adjacent to an activating group) is 1. The van der Waals surface area contributed by atoms with Crippen molar-refractivity contribution in [2.45, 2.75) is 17.3 Å². The van der Waals surface area contributed by atoms with Crippen molar-refractivity contribution in [1.82, 2.24) is 9.88 Å². The summed E-state index contributed by atoms with van der Waals surface area (Å²) >= 11 is 0.144. The number of furan rings is 1. The molecular weight excluding hydrogens is 342 g/mol. The molecule has 0 aromatic carbocycles. The fourth-order valence-corrected chi connectivity index (χ4v) is 2.33. The summed E-state index contributed by atoms with van der Waals surface area (Å²) in [6, 6.07) is 6.14. The number of amides is 1. The van der Waals surface area contributed by atoms with Crippen LogP contribution in [0.2, 0.25) is 0 Å². The summed E-state index contributed by atoms with van der Waals surface area (Å²) in [6.07, 6.45) is 2.78. The Morgan fingerprint density at radius 2 is 2.17 bits per heavy atom. The minimum atomic E-state index is -2.72. The maximum Gasteiger partial charge on any atom is 0.341 e. The van der Waals surface area contributed by atoms with Gasteiger partial charge in [0, 0.05) is 13.2 Å². The second-order valence-electron chi connectivity index (χ2n) is 4.64. The summed E-state index contributed by atoms with van der Waals surface area (Å²) in [6.45, 7) is -0.285. The highest BCUT2D eigenvalue weighted by Crippen LogP contribution is 2.26. The van der Waals surface area contributed by atoms with Gasteiger partial charge < -0.3 is 14.1 Å². The zero-order valence-corrected chi connectivity index (χ0v) is 13.5. The first-order chi connectivity index (χ1) is 11.5. The third-order valence-electron chi connectivity index (χ3n) is 2.92. The number of carbonyl (C=O) groups excluding carboxylic acids is 2. The molecule has 0 aliphatic carbocycles. The van der Waals surface area contributed by atoms with Gasteiger partial charge in [0.2, 0.25) is 0 Å². The predicted octanol–water partition coefficient (Wildman–Crippen LogP) is 2.80. The van der Waals surface area contributed by atoms with Crippen LogP contribution in [-0.2, 0) is 16.1 Å². The Morgan fingerprint density at radius 3 is 2.83 bits per heavy atom. The Hall–Kier alpha value is -2.42. The molecule has 128 valence electrons. The number of halogens is 2. The van der Waals surface area contributed by atoms with Crippen LogP contribution >= 0.6 is 11.8 Å². The maximum atomic E-state index is 12.5. The van der Waals surface area contributed by atoms with Gasteiger partial charge in [-0.1, -0.05) is 0 Å². The SMILES string of the molecule is CN(Cc1ccco1)C(=O)COC(=O)c1cccnc1SC(F)F. The number of hydrogen-bond acceptors (Lipinski definition) is 6. The number of aromatic nitrogens is 1. The molecule has 0 radical (unpaired) electrons. The first-order valence-corrected chi connectivity index (χ1v) is 7.68. The van der Waals surface area contributed by atoms with E-state index < -0.39 is 24.2 Å². The van der Waals surface area contributed by atoms with Gasteiger partial charge in [-0.2, -0.15) is 8.78 Å². The topological polar surface area (TPSA) is 72.6 Å². The van der Waals surface area contributed by atoms with Gasteiger partial charge in [-0.05, 0) is 36.0 Å². The van der Waals surface area contributed by atoms with Crippen molar-refractivity contribution in [2.75, 3.05) is 13.7 Å². The highest BCUT2D eigenvalue weighted by molar-refractivity contribution is 7.99. The van der Waals surface area contributed by atoms with Crippen molar-refractivity contribution in [1.29, 1.82) is 0 Å². The fourth-order valence-electron chi connectivity index (χ4n) is 1.76. The molecule has 2 heterocycles. The van der Waals surface area contributed by atoms with Crippen LogP contribution in [0.4, 0.5) is 8.78 Å². The van der Waals surface area contributed by atoms with Crippen LogP contribution in [0.3, 0.4) is 0 Å². The lowest BCUT2D eigenvalue weighted by atomic mass is 10.3. The number of carbonyl (C=O) groups is 2. The van der Waals surface area contributed by atoms with E-state index in [1.165, 1.54) is 36.5 Å². The predicted molar refractivity (Wildman–Crippen MR) is 81.6 cm³/mol. The van der Waals surface area contributed by atoms with E-state index >= 15 is 0 Å². The average Bonchev–Trinajstić information content (AvgIpc) is 3.05. The van der Waals surface area contributed by atoms with Gasteiger partial charge in [-0.25, -0.2) is 9.78 Å². The van der Waals surface area contributed by atoms with Crippen LogP contribution in [-0.4, -0.2) is 41.2 Å². The van der Waals surface area contributed by atoms with Gasteiger partial charge in [0.25, 0.3) is 11.7 Å². The minimum absolute atomic E-state index is 0.107. The minimum Gasteiger partial charge on any atom is -0.467 e. The molecule has 2 aromatic rings. The average molecular weight is 356 g/mol. The number of esters is 1. The third kappa shape index (κ3) is 5.05. The van der Waals surface area contributed by atoms with Crippen molar-refractivity contribution < 1.29 is 27.5 Å². The molecule has 24 heavy (non-hydrogen) atoms. The fraction of sp³-hybridized carbons (Fsp3) is 0.267. The Bertz CT molecular complexity index is 695. The lowest BCUT2D eigenvalue weighted by Gasteiger charge is -2.15. The summed E-state index contributed by atoms with van der Waals surface area (Å²) in [4.78, 5) is 29.0. The van der Waals surface area contributed by atoms with E-state index in [0.717, 1.165) is 0 Å². The summed E-state index contributed by atoms with van der Waals surface area (Å²) in [5.74, 6) is -3.47. The van der Waals surface area contributed by atoms with Crippen molar-refractivity contribution >= 4 is 23.6 Å². The Kier molecular flexibility index (Phi) is 6.30. The smallest absolute Gasteiger partial charge is 0.341 e. The van der Waals surface area contributed by atoms with Gasteiger partial charge >= 0.3 is 5.97 Å². The van der Waals surface area contributed by atoms with Crippen molar-refractivity contribution in [3.63, 3.8) is 0 Å². The van der Waals surface area contributed by atoms with Crippen LogP contribution in [0.25, 0.3) is 0 Å². The van der Waals surface area contributed by atoms with E-state index in [1.54, 1.807) is 12.1 Å². The molecule has 2 aromatic heterocycles. The molecule has 0 atom stereocenters. The molecule has 0 spiro atoms. The zero-order chi connectivity index (χ0) is 17.5. The summed E-state index contributed by atoms with van der Waals surface area (Å²) < 4.78 is 34.9. The van der Waals surface area contributed by atoms with E-state index in [9.17, 15) is 18.4 Å². The number of rotatable bonds is 7. The number of alkyl halides is 2. The molecule has 9 heteroatoms. The van der Waals surface area contributed by atoms with Gasteiger partial charge in [-0.3, -0.25) is 4.79 Å². The zero-order valence-electron chi connectivity index (χ0n) is 12.6. The number of ether oxygens (including phenoxy) is 1. The van der Waals surface area contributed by atoms with Gasteiger partial charge in [0.15, 0.2) is 6.61 Å². The van der Waals surface area contributed by atoms with Crippen molar-refractivity contribution in [2.24, 2.45) is 0 Å². The Balaban J connectivity index is 1.92. The van der Waals surface area contributed by atoms with Crippen LogP contribution in [0, 0.1) is 0 Å². The first kappa shape index (κ1) is 17.9. The highest BCUT2D eigenvalue weighted by atomic mass is 32.2. The number of thioether (sulfide) groups is 1. The Labute approximate surface area is 140 Å². The van der Waals surface area contributed by atoms with Crippen LogP contribution in [0.15, 0.2) is 46.2 Å². The van der Waals surface area contributed by atoms with E-state index in [-0.39, 0.29) is 28.9 Å². The molecule has 1 amide bonds. The van der Waals surface area contributed by atoms with Crippen LogP contribution < -0.4 is 0 Å². The van der Waals surface area contributed by atoms with Crippen LogP contribution in [0.1, 0.15) is 16.1 Å². The Morgan fingerprint density at radius 1 is 1.38 bits per heavy atom. The maximum absolute atomic E-state index is 12.5. The van der Waals surface area contributed by atoms with Crippen LogP contribution in [0.5, 0.6) is 0 Å². The van der Waals surface area contributed by atoms with E-state index in [4.69, 9.17) is 9.15 Å². The second-order valence-corrected chi connectivity index (χ2v) is 5.62. The lowest BCUT2D eigenvalue weighted by Crippen LogP contribution is -2.30. The summed E-state index contributed by atoms with van der Waals surface area (Å²) in [7, 11) is 1.53. The van der Waals surface area contributed by atoms with Gasteiger partial charge in [0.05, 0.1) is 18.4 Å². The van der Waals surface area contributed by atoms with Gasteiger partial charge in [0.1, 0.15) is 10.8 Å². The second kappa shape index (κ2) is 8.44. The van der Waals surface area contributed by atoms with Crippen molar-refractivity contribution in [3.05, 3.63) is 48.0 Å². The molecule has 0 aliphatic heterocycles. The van der Waals surface area contributed by atoms with Gasteiger partial charge in [-0.15, -0.1) is 0 Å². The molecule has 0 aliphatic rings. The summed E-state index contributed by atoms with van der Waals surface area (Å²) in [5.41, 5.74) is -0.107. The van der Waals surface area contributed by atoms with E-state index in [0.29, 0.717) is 5.76 Å². The first-order valence-electron chi connectivity index (χ1n) is 6.80.